The van der Waals surface area contributed by atoms with E-state index < -0.39 is 11.2 Å². The number of hydrogen-bond donors (Lipinski definition) is 2. The Morgan fingerprint density at radius 3 is 2.85 bits per heavy atom. The van der Waals surface area contributed by atoms with Crippen molar-refractivity contribution < 1.29 is 19.1 Å². The Bertz CT molecular complexity index is 863. The monoisotopic (exact) mass is 390 g/mol. The minimum absolute atomic E-state index is 0.0179. The Morgan fingerprint density at radius 2 is 2.08 bits per heavy atom. The van der Waals surface area contributed by atoms with E-state index in [4.69, 9.17) is 4.74 Å². The molecule has 2 aromatic rings. The Balaban J connectivity index is 1.68. The molecule has 6 nitrogen and oxygen atoms in total. The van der Waals surface area contributed by atoms with Gasteiger partial charge in [-0.3, -0.25) is 9.59 Å². The summed E-state index contributed by atoms with van der Waals surface area (Å²) in [5.74, 6) is -0.980. The first-order valence-corrected chi connectivity index (χ1v) is 9.81. The molecule has 8 heteroatoms. The Kier molecular flexibility index (Phi) is 5.63. The number of rotatable bonds is 5. The van der Waals surface area contributed by atoms with Crippen LogP contribution in [0.5, 0.6) is 0 Å². The normalized spacial score (nSPS) is 15.8. The van der Waals surface area contributed by atoms with Gasteiger partial charge < -0.3 is 15.4 Å². The van der Waals surface area contributed by atoms with Gasteiger partial charge in [0.05, 0.1) is 23.1 Å². The number of nitrogens with one attached hydrogen (secondary N) is 2. The highest BCUT2D eigenvalue weighted by molar-refractivity contribution is 8.01. The van der Waals surface area contributed by atoms with Gasteiger partial charge in [0.2, 0.25) is 11.8 Å². The average Bonchev–Trinajstić information content (AvgIpc) is 2.96. The van der Waals surface area contributed by atoms with Crippen LogP contribution in [0.2, 0.25) is 0 Å². The molecule has 0 spiro atoms. The van der Waals surface area contributed by atoms with Gasteiger partial charge in [0.15, 0.2) is 0 Å². The number of amides is 2. The van der Waals surface area contributed by atoms with Crippen LogP contribution in [-0.2, 0) is 14.3 Å². The number of para-hydroxylation sites is 1. The fourth-order valence-electron chi connectivity index (χ4n) is 2.54. The summed E-state index contributed by atoms with van der Waals surface area (Å²) < 4.78 is 5.02. The predicted octanol–water partition coefficient (Wildman–Crippen LogP) is 3.67. The zero-order chi connectivity index (χ0) is 18.7. The lowest BCUT2D eigenvalue weighted by Crippen LogP contribution is -2.32. The minimum Gasteiger partial charge on any atom is -0.462 e. The summed E-state index contributed by atoms with van der Waals surface area (Å²) in [5.41, 5.74) is 1.10. The molecule has 136 valence electrons. The smallest absolute Gasteiger partial charge is 0.341 e. The maximum Gasteiger partial charge on any atom is 0.341 e. The summed E-state index contributed by atoms with van der Waals surface area (Å²) in [5, 5.41) is 5.50. The molecule has 0 bridgehead atoms. The van der Waals surface area contributed by atoms with E-state index in [9.17, 15) is 14.4 Å². The lowest BCUT2D eigenvalue weighted by atomic mass is 10.2. The maximum absolute atomic E-state index is 12.4. The van der Waals surface area contributed by atoms with Crippen LogP contribution in [0.4, 0.5) is 10.7 Å². The molecule has 2 heterocycles. The second-order valence-corrected chi connectivity index (χ2v) is 8.17. The number of benzene rings is 1. The minimum atomic E-state index is -0.517. The van der Waals surface area contributed by atoms with Gasteiger partial charge in [0, 0.05) is 16.2 Å². The Morgan fingerprint density at radius 1 is 1.31 bits per heavy atom. The van der Waals surface area contributed by atoms with Gasteiger partial charge in [0.25, 0.3) is 0 Å². The second kappa shape index (κ2) is 7.92. The van der Waals surface area contributed by atoms with E-state index in [0.717, 1.165) is 15.5 Å². The number of carbonyl (C=O) groups excluding carboxylic acids is 3. The van der Waals surface area contributed by atoms with Crippen LogP contribution >= 0.6 is 23.1 Å². The van der Waals surface area contributed by atoms with E-state index in [0.29, 0.717) is 10.6 Å². The molecule has 2 N–H and O–H groups in total. The number of thioether (sulfide) groups is 1. The van der Waals surface area contributed by atoms with Gasteiger partial charge in [-0.1, -0.05) is 12.1 Å². The summed E-state index contributed by atoms with van der Waals surface area (Å²) in [4.78, 5) is 38.5. The number of aryl methyl sites for hydroxylation is 1. The molecular formula is C18H18N2O4S2. The molecule has 0 saturated heterocycles. The van der Waals surface area contributed by atoms with Crippen molar-refractivity contribution in [2.24, 2.45) is 0 Å². The first kappa shape index (κ1) is 18.5. The van der Waals surface area contributed by atoms with Crippen molar-refractivity contribution >= 4 is 51.6 Å². The van der Waals surface area contributed by atoms with Gasteiger partial charge in [-0.2, -0.15) is 0 Å². The highest BCUT2D eigenvalue weighted by Gasteiger charge is 2.29. The molecule has 1 aliphatic heterocycles. The van der Waals surface area contributed by atoms with Crippen LogP contribution < -0.4 is 10.6 Å². The molecule has 26 heavy (non-hydrogen) atoms. The number of esters is 1. The van der Waals surface area contributed by atoms with Crippen molar-refractivity contribution in [2.75, 3.05) is 17.2 Å². The summed E-state index contributed by atoms with van der Waals surface area (Å²) in [7, 11) is 0. The van der Waals surface area contributed by atoms with Crippen molar-refractivity contribution in [3.8, 4) is 0 Å². The zero-order valence-electron chi connectivity index (χ0n) is 14.3. The van der Waals surface area contributed by atoms with Crippen LogP contribution in [0.1, 0.15) is 28.6 Å². The van der Waals surface area contributed by atoms with Crippen LogP contribution in [-0.4, -0.2) is 29.6 Å². The first-order chi connectivity index (χ1) is 12.5. The van der Waals surface area contributed by atoms with E-state index in [-0.39, 0.29) is 24.8 Å². The Hall–Kier alpha value is -2.32. The lowest BCUT2D eigenvalue weighted by Gasteiger charge is -2.23. The molecular weight excluding hydrogens is 372 g/mol. The standard InChI is InChI=1S/C18H18N2O4S2/c1-3-24-18(23)11-8-10(2)25-17(11)20-15(21)9-14-16(22)19-12-6-4-5-7-13(12)26-14/h4-8,14H,3,9H2,1-2H3,(H,19,22)(H,20,21)/t14-/m0/s1. The third-order valence-corrected chi connectivity index (χ3v) is 5.92. The third-order valence-electron chi connectivity index (χ3n) is 3.68. The third kappa shape index (κ3) is 4.08. The fourth-order valence-corrected chi connectivity index (χ4v) is 4.57. The first-order valence-electron chi connectivity index (χ1n) is 8.12. The molecule has 1 aromatic carbocycles. The zero-order valence-corrected chi connectivity index (χ0v) is 16.0. The van der Waals surface area contributed by atoms with Crippen LogP contribution in [0.3, 0.4) is 0 Å². The van der Waals surface area contributed by atoms with E-state index in [2.05, 4.69) is 10.6 Å². The number of hydrogen-bond acceptors (Lipinski definition) is 6. The molecule has 3 rings (SSSR count). The molecule has 0 unspecified atom stereocenters. The predicted molar refractivity (Wildman–Crippen MR) is 103 cm³/mol. The average molecular weight is 390 g/mol. The summed E-state index contributed by atoms with van der Waals surface area (Å²) >= 11 is 2.67. The van der Waals surface area contributed by atoms with Gasteiger partial charge in [0.1, 0.15) is 5.00 Å². The number of thiophene rings is 1. The second-order valence-electron chi connectivity index (χ2n) is 5.66. The number of carbonyl (C=O) groups is 3. The van der Waals surface area contributed by atoms with Crippen LogP contribution in [0.25, 0.3) is 0 Å². The van der Waals surface area contributed by atoms with Crippen molar-refractivity contribution in [3.05, 3.63) is 40.8 Å². The SMILES string of the molecule is CCOC(=O)c1cc(C)sc1NC(=O)C[C@@H]1Sc2ccccc2NC1=O. The quantitative estimate of drug-likeness (QED) is 0.761. The molecule has 0 fully saturated rings. The molecule has 1 atom stereocenters. The molecule has 1 aliphatic rings. The van der Waals surface area contributed by atoms with Gasteiger partial charge >= 0.3 is 5.97 Å². The molecule has 0 aliphatic carbocycles. The van der Waals surface area contributed by atoms with Crippen LogP contribution in [0.15, 0.2) is 35.2 Å². The van der Waals surface area contributed by atoms with E-state index in [1.165, 1.54) is 23.1 Å². The molecule has 0 saturated carbocycles. The molecule has 1 aromatic heterocycles. The summed E-state index contributed by atoms with van der Waals surface area (Å²) in [6.07, 6.45) is 0.0179. The topological polar surface area (TPSA) is 84.5 Å². The summed E-state index contributed by atoms with van der Waals surface area (Å²) in [6.45, 7) is 3.84. The van der Waals surface area contributed by atoms with Crippen molar-refractivity contribution in [1.29, 1.82) is 0 Å². The van der Waals surface area contributed by atoms with Gasteiger partial charge in [-0.25, -0.2) is 4.79 Å². The van der Waals surface area contributed by atoms with E-state index >= 15 is 0 Å². The largest absolute Gasteiger partial charge is 0.462 e. The number of anilines is 2. The fraction of sp³-hybridized carbons (Fsp3) is 0.278. The van der Waals surface area contributed by atoms with E-state index in [1.54, 1.807) is 13.0 Å². The lowest BCUT2D eigenvalue weighted by molar-refractivity contribution is -0.120. The molecule has 0 radical (unpaired) electrons. The van der Waals surface area contributed by atoms with E-state index in [1.807, 2.05) is 31.2 Å². The highest BCUT2D eigenvalue weighted by Crippen LogP contribution is 2.37. The number of fused-ring (bicyclic) bond motifs is 1. The van der Waals surface area contributed by atoms with Crippen molar-refractivity contribution in [3.63, 3.8) is 0 Å². The number of ether oxygens (including phenoxy) is 1. The van der Waals surface area contributed by atoms with Crippen molar-refractivity contribution in [2.45, 2.75) is 30.4 Å². The highest BCUT2D eigenvalue weighted by atomic mass is 32.2. The van der Waals surface area contributed by atoms with Gasteiger partial charge in [-0.05, 0) is 32.0 Å². The maximum atomic E-state index is 12.4. The Labute approximate surface area is 159 Å². The summed E-state index contributed by atoms with van der Waals surface area (Å²) in [6, 6.07) is 9.17. The molecule has 2 amide bonds. The van der Waals surface area contributed by atoms with Crippen LogP contribution in [0, 0.1) is 6.92 Å². The van der Waals surface area contributed by atoms with Crippen molar-refractivity contribution in [1.82, 2.24) is 0 Å². The van der Waals surface area contributed by atoms with Gasteiger partial charge in [-0.15, -0.1) is 23.1 Å².